The molecule has 1 amide bonds. The van der Waals surface area contributed by atoms with Gasteiger partial charge in [-0.05, 0) is 24.6 Å². The van der Waals surface area contributed by atoms with Crippen LogP contribution in [0.5, 0.6) is 0 Å². The van der Waals surface area contributed by atoms with Gasteiger partial charge in [-0.3, -0.25) is 4.79 Å². The average molecular weight is 363 g/mol. The molecule has 26 heavy (non-hydrogen) atoms. The van der Waals surface area contributed by atoms with Gasteiger partial charge < -0.3 is 4.90 Å². The standard InChI is InChI=1S/C21H21N3OS/c1-21(16-9-4-3-5-10-16,20(25)24(2)14-8-13-22)15-19-23-17-11-6-7-12-18(17)26-19/h3-7,9-12H,8,14-15H2,1-2H3. The molecule has 0 fully saturated rings. The van der Waals surface area contributed by atoms with Crippen molar-refractivity contribution in [3.05, 3.63) is 65.2 Å². The highest BCUT2D eigenvalue weighted by Gasteiger charge is 2.38. The Bertz CT molecular complexity index is 912. The van der Waals surface area contributed by atoms with E-state index in [1.54, 1.807) is 23.3 Å². The van der Waals surface area contributed by atoms with Crippen molar-refractivity contribution in [1.82, 2.24) is 9.88 Å². The van der Waals surface area contributed by atoms with Gasteiger partial charge in [-0.1, -0.05) is 42.5 Å². The van der Waals surface area contributed by atoms with Crippen LogP contribution in [-0.2, 0) is 16.6 Å². The maximum Gasteiger partial charge on any atom is 0.233 e. The van der Waals surface area contributed by atoms with Gasteiger partial charge in [0.25, 0.3) is 0 Å². The zero-order chi connectivity index (χ0) is 18.6. The molecule has 0 bridgehead atoms. The van der Waals surface area contributed by atoms with Crippen LogP contribution in [0.1, 0.15) is 23.9 Å². The number of benzene rings is 2. The van der Waals surface area contributed by atoms with Crippen molar-refractivity contribution in [2.45, 2.75) is 25.2 Å². The molecule has 4 nitrogen and oxygen atoms in total. The summed E-state index contributed by atoms with van der Waals surface area (Å²) in [5.41, 5.74) is 1.21. The van der Waals surface area contributed by atoms with Crippen LogP contribution in [0.15, 0.2) is 54.6 Å². The first kappa shape index (κ1) is 18.1. The fourth-order valence-corrected chi connectivity index (χ4v) is 4.27. The highest BCUT2D eigenvalue weighted by Crippen LogP contribution is 2.33. The SMILES string of the molecule is CN(CCC#N)C(=O)C(C)(Cc1nc2ccccc2s1)c1ccccc1. The van der Waals surface area contributed by atoms with Crippen molar-refractivity contribution in [3.8, 4) is 6.07 Å². The molecule has 0 aliphatic rings. The Morgan fingerprint density at radius 3 is 2.58 bits per heavy atom. The molecule has 0 N–H and O–H groups in total. The lowest BCUT2D eigenvalue weighted by molar-refractivity contribution is -0.135. The van der Waals surface area contributed by atoms with Gasteiger partial charge in [-0.2, -0.15) is 5.26 Å². The molecule has 0 radical (unpaired) electrons. The summed E-state index contributed by atoms with van der Waals surface area (Å²) in [6.45, 7) is 2.40. The number of carbonyl (C=O) groups excluding carboxylic acids is 1. The molecule has 2 aromatic carbocycles. The second-order valence-corrected chi connectivity index (χ2v) is 7.70. The van der Waals surface area contributed by atoms with E-state index in [1.807, 2.05) is 55.5 Å². The molecule has 3 rings (SSSR count). The molecule has 3 aromatic rings. The monoisotopic (exact) mass is 363 g/mol. The van der Waals surface area contributed by atoms with Crippen LogP contribution < -0.4 is 0 Å². The molecule has 0 saturated carbocycles. The number of rotatable bonds is 6. The molecule has 1 heterocycles. The van der Waals surface area contributed by atoms with E-state index in [0.29, 0.717) is 19.4 Å². The summed E-state index contributed by atoms with van der Waals surface area (Å²) in [6, 6.07) is 20.0. The van der Waals surface area contributed by atoms with E-state index in [-0.39, 0.29) is 5.91 Å². The van der Waals surface area contributed by atoms with Gasteiger partial charge in [-0.15, -0.1) is 11.3 Å². The van der Waals surface area contributed by atoms with E-state index in [0.717, 1.165) is 20.8 Å². The molecule has 0 saturated heterocycles. The minimum absolute atomic E-state index is 0.0122. The molecule has 0 aliphatic carbocycles. The summed E-state index contributed by atoms with van der Waals surface area (Å²) >= 11 is 1.63. The van der Waals surface area contributed by atoms with E-state index < -0.39 is 5.41 Å². The van der Waals surface area contributed by atoms with E-state index in [2.05, 4.69) is 12.1 Å². The molecule has 1 aromatic heterocycles. The molecule has 0 spiro atoms. The van der Waals surface area contributed by atoms with Crippen molar-refractivity contribution in [1.29, 1.82) is 5.26 Å². The topological polar surface area (TPSA) is 57.0 Å². The zero-order valence-electron chi connectivity index (χ0n) is 15.0. The smallest absolute Gasteiger partial charge is 0.233 e. The van der Waals surface area contributed by atoms with E-state index in [4.69, 9.17) is 10.2 Å². The van der Waals surface area contributed by atoms with Gasteiger partial charge in [0.05, 0.1) is 33.1 Å². The summed E-state index contributed by atoms with van der Waals surface area (Å²) in [7, 11) is 1.76. The summed E-state index contributed by atoms with van der Waals surface area (Å²) in [6.07, 6.45) is 0.861. The number of likely N-dealkylation sites (N-methyl/N-ethyl adjacent to an activating group) is 1. The van der Waals surface area contributed by atoms with Gasteiger partial charge in [0, 0.05) is 20.0 Å². The summed E-state index contributed by atoms with van der Waals surface area (Å²) in [5.74, 6) is 0.0122. The minimum Gasteiger partial charge on any atom is -0.344 e. The van der Waals surface area contributed by atoms with Gasteiger partial charge in [0.2, 0.25) is 5.91 Å². The van der Waals surface area contributed by atoms with Crippen LogP contribution >= 0.6 is 11.3 Å². The summed E-state index contributed by atoms with van der Waals surface area (Å²) in [4.78, 5) is 19.7. The first-order valence-electron chi connectivity index (χ1n) is 8.57. The van der Waals surface area contributed by atoms with Crippen molar-refractivity contribution >= 4 is 27.5 Å². The van der Waals surface area contributed by atoms with Gasteiger partial charge in [-0.25, -0.2) is 4.98 Å². The van der Waals surface area contributed by atoms with Crippen molar-refractivity contribution in [3.63, 3.8) is 0 Å². The lowest BCUT2D eigenvalue weighted by Crippen LogP contribution is -2.45. The maximum atomic E-state index is 13.3. The van der Waals surface area contributed by atoms with Crippen molar-refractivity contribution in [2.24, 2.45) is 0 Å². The van der Waals surface area contributed by atoms with Crippen LogP contribution in [0.2, 0.25) is 0 Å². The van der Waals surface area contributed by atoms with Gasteiger partial charge in [0.15, 0.2) is 0 Å². The molecule has 0 aliphatic heterocycles. The van der Waals surface area contributed by atoms with E-state index >= 15 is 0 Å². The van der Waals surface area contributed by atoms with Crippen LogP contribution in [-0.4, -0.2) is 29.4 Å². The van der Waals surface area contributed by atoms with Gasteiger partial charge in [0.1, 0.15) is 0 Å². The first-order valence-corrected chi connectivity index (χ1v) is 9.39. The first-order chi connectivity index (χ1) is 12.5. The van der Waals surface area contributed by atoms with E-state index in [9.17, 15) is 4.79 Å². The molecule has 132 valence electrons. The van der Waals surface area contributed by atoms with Crippen molar-refractivity contribution in [2.75, 3.05) is 13.6 Å². The number of thiazole rings is 1. The lowest BCUT2D eigenvalue weighted by atomic mass is 9.78. The fourth-order valence-electron chi connectivity index (χ4n) is 3.15. The third-order valence-electron chi connectivity index (χ3n) is 4.63. The third-order valence-corrected chi connectivity index (χ3v) is 5.67. The number of nitriles is 1. The van der Waals surface area contributed by atoms with Gasteiger partial charge >= 0.3 is 0 Å². The Morgan fingerprint density at radius 1 is 1.19 bits per heavy atom. The zero-order valence-corrected chi connectivity index (χ0v) is 15.8. The number of hydrogen-bond acceptors (Lipinski definition) is 4. The Balaban J connectivity index is 1.97. The summed E-state index contributed by atoms with van der Waals surface area (Å²) in [5, 5.41) is 9.78. The molecule has 1 atom stereocenters. The average Bonchev–Trinajstić information content (AvgIpc) is 3.08. The van der Waals surface area contributed by atoms with Crippen molar-refractivity contribution < 1.29 is 4.79 Å². The van der Waals surface area contributed by atoms with Crippen LogP contribution in [0.25, 0.3) is 10.2 Å². The Hall–Kier alpha value is -2.71. The molecular formula is C21H21N3OS. The largest absolute Gasteiger partial charge is 0.344 e. The second kappa shape index (κ2) is 7.67. The summed E-state index contributed by atoms with van der Waals surface area (Å²) < 4.78 is 1.13. The normalized spacial score (nSPS) is 13.1. The highest BCUT2D eigenvalue weighted by atomic mass is 32.1. The van der Waals surface area contributed by atoms with Crippen LogP contribution in [0.3, 0.4) is 0 Å². The molecular weight excluding hydrogens is 342 g/mol. The van der Waals surface area contributed by atoms with Crippen LogP contribution in [0, 0.1) is 11.3 Å². The number of fused-ring (bicyclic) bond motifs is 1. The Kier molecular flexibility index (Phi) is 5.34. The highest BCUT2D eigenvalue weighted by molar-refractivity contribution is 7.18. The Morgan fingerprint density at radius 2 is 1.88 bits per heavy atom. The lowest BCUT2D eigenvalue weighted by Gasteiger charge is -2.32. The van der Waals surface area contributed by atoms with Crippen LogP contribution in [0.4, 0.5) is 0 Å². The predicted molar refractivity (Wildman–Crippen MR) is 105 cm³/mol. The maximum absolute atomic E-state index is 13.3. The second-order valence-electron chi connectivity index (χ2n) is 6.59. The number of hydrogen-bond donors (Lipinski definition) is 0. The Labute approximate surface area is 157 Å². The number of para-hydroxylation sites is 1. The number of amides is 1. The number of aromatic nitrogens is 1. The predicted octanol–water partition coefficient (Wildman–Crippen LogP) is 4.17. The number of carbonyl (C=O) groups is 1. The molecule has 1 unspecified atom stereocenters. The molecule has 5 heteroatoms. The minimum atomic E-state index is -0.723. The van der Waals surface area contributed by atoms with E-state index in [1.165, 1.54) is 0 Å². The quantitative estimate of drug-likeness (QED) is 0.660. The fraction of sp³-hybridized carbons (Fsp3) is 0.286. The third kappa shape index (κ3) is 3.61. The number of nitrogens with zero attached hydrogens (tertiary/aromatic N) is 3.